The molecule has 0 aliphatic carbocycles. The number of aromatic nitrogens is 1. The van der Waals surface area contributed by atoms with Crippen molar-refractivity contribution < 1.29 is 22.4 Å². The van der Waals surface area contributed by atoms with E-state index in [1.165, 1.54) is 0 Å². The summed E-state index contributed by atoms with van der Waals surface area (Å²) in [7, 11) is 0. The molecule has 25 heavy (non-hydrogen) atoms. The summed E-state index contributed by atoms with van der Waals surface area (Å²) in [6.45, 7) is -0.107. The van der Waals surface area contributed by atoms with Gasteiger partial charge in [0, 0.05) is 23.6 Å². The Morgan fingerprint density at radius 2 is 1.92 bits per heavy atom. The van der Waals surface area contributed by atoms with Gasteiger partial charge in [0.25, 0.3) is 0 Å². The number of carbonyl (C=O) groups is 1. The number of urea groups is 1. The zero-order valence-electron chi connectivity index (χ0n) is 12.7. The first kappa shape index (κ1) is 16.8. The Kier molecular flexibility index (Phi) is 4.35. The summed E-state index contributed by atoms with van der Waals surface area (Å²) in [6.07, 6.45) is -3.01. The molecular formula is C17H13F4N3O. The summed E-state index contributed by atoms with van der Waals surface area (Å²) in [5, 5.41) is 5.95. The molecule has 130 valence electrons. The maximum Gasteiger partial charge on any atom is 0.419 e. The van der Waals surface area contributed by atoms with Gasteiger partial charge in [-0.2, -0.15) is 13.2 Å². The Labute approximate surface area is 139 Å². The standard InChI is InChI=1S/C17H13F4N3O/c18-13-8-10(4-5-12(13)17(19,20)21)9-23-16(25)24-15-3-1-2-14-11(15)6-7-22-14/h1-8,22H,9H2,(H2,23,24,25). The summed E-state index contributed by atoms with van der Waals surface area (Å²) in [5.41, 5.74) is 0.317. The van der Waals surface area contributed by atoms with E-state index >= 15 is 0 Å². The Balaban J connectivity index is 1.65. The summed E-state index contributed by atoms with van der Waals surface area (Å²) in [6, 6.07) is 9.13. The lowest BCUT2D eigenvalue weighted by Crippen LogP contribution is -2.28. The first-order valence-electron chi connectivity index (χ1n) is 7.31. The van der Waals surface area contributed by atoms with E-state index in [0.717, 1.165) is 23.0 Å². The Hall–Kier alpha value is -3.03. The summed E-state index contributed by atoms with van der Waals surface area (Å²) >= 11 is 0. The van der Waals surface area contributed by atoms with Crippen molar-refractivity contribution in [1.29, 1.82) is 0 Å². The zero-order chi connectivity index (χ0) is 18.0. The lowest BCUT2D eigenvalue weighted by Gasteiger charge is -2.11. The van der Waals surface area contributed by atoms with Crippen molar-refractivity contribution in [3.8, 4) is 0 Å². The number of rotatable bonds is 3. The van der Waals surface area contributed by atoms with Gasteiger partial charge in [0.1, 0.15) is 5.82 Å². The van der Waals surface area contributed by atoms with Crippen molar-refractivity contribution in [3.05, 3.63) is 65.6 Å². The van der Waals surface area contributed by atoms with Crippen LogP contribution in [0.4, 0.5) is 28.0 Å². The maximum atomic E-state index is 13.5. The average Bonchev–Trinajstić information content (AvgIpc) is 3.01. The number of hydrogen-bond acceptors (Lipinski definition) is 1. The molecule has 0 saturated heterocycles. The molecule has 0 spiro atoms. The van der Waals surface area contributed by atoms with Gasteiger partial charge in [-0.3, -0.25) is 0 Å². The van der Waals surface area contributed by atoms with E-state index in [9.17, 15) is 22.4 Å². The van der Waals surface area contributed by atoms with Crippen LogP contribution in [0.3, 0.4) is 0 Å². The molecule has 0 bridgehead atoms. The minimum atomic E-state index is -4.75. The molecule has 4 nitrogen and oxygen atoms in total. The Morgan fingerprint density at radius 3 is 2.64 bits per heavy atom. The number of benzene rings is 2. The molecule has 0 fully saturated rings. The van der Waals surface area contributed by atoms with E-state index in [1.807, 2.05) is 6.07 Å². The van der Waals surface area contributed by atoms with Crippen LogP contribution in [0.5, 0.6) is 0 Å². The third-order valence-corrected chi connectivity index (χ3v) is 3.64. The number of H-pyrrole nitrogens is 1. The predicted octanol–water partition coefficient (Wildman–Crippen LogP) is 4.65. The largest absolute Gasteiger partial charge is 0.419 e. The highest BCUT2D eigenvalue weighted by Gasteiger charge is 2.33. The van der Waals surface area contributed by atoms with Crippen molar-refractivity contribution in [1.82, 2.24) is 10.3 Å². The van der Waals surface area contributed by atoms with Gasteiger partial charge >= 0.3 is 12.2 Å². The molecule has 0 unspecified atom stereocenters. The van der Waals surface area contributed by atoms with E-state index in [0.29, 0.717) is 11.8 Å². The zero-order valence-corrected chi connectivity index (χ0v) is 12.7. The number of halogens is 4. The van der Waals surface area contributed by atoms with Crippen LogP contribution in [-0.4, -0.2) is 11.0 Å². The molecule has 1 heterocycles. The third-order valence-electron chi connectivity index (χ3n) is 3.64. The van der Waals surface area contributed by atoms with Gasteiger partial charge in [-0.25, -0.2) is 9.18 Å². The molecule has 0 aliphatic rings. The van der Waals surface area contributed by atoms with Crippen LogP contribution in [0.15, 0.2) is 48.7 Å². The van der Waals surface area contributed by atoms with Crippen LogP contribution >= 0.6 is 0 Å². The quantitative estimate of drug-likeness (QED) is 0.591. The van der Waals surface area contributed by atoms with Gasteiger partial charge in [-0.15, -0.1) is 0 Å². The van der Waals surface area contributed by atoms with Gasteiger partial charge in [0.2, 0.25) is 0 Å². The van der Waals surface area contributed by atoms with Gasteiger partial charge in [0.15, 0.2) is 0 Å². The maximum absolute atomic E-state index is 13.5. The van der Waals surface area contributed by atoms with Crippen LogP contribution < -0.4 is 10.6 Å². The first-order chi connectivity index (χ1) is 11.8. The lowest BCUT2D eigenvalue weighted by molar-refractivity contribution is -0.140. The van der Waals surface area contributed by atoms with Crippen molar-refractivity contribution in [2.45, 2.75) is 12.7 Å². The van der Waals surface area contributed by atoms with Crippen LogP contribution in [-0.2, 0) is 12.7 Å². The lowest BCUT2D eigenvalue weighted by atomic mass is 10.1. The molecule has 8 heteroatoms. The van der Waals surface area contributed by atoms with E-state index in [-0.39, 0.29) is 12.1 Å². The summed E-state index contributed by atoms with van der Waals surface area (Å²) in [5.74, 6) is -1.37. The summed E-state index contributed by atoms with van der Waals surface area (Å²) < 4.78 is 51.1. The highest BCUT2D eigenvalue weighted by Crippen LogP contribution is 2.31. The SMILES string of the molecule is O=C(NCc1ccc(C(F)(F)F)c(F)c1)Nc1cccc2[nH]ccc12. The number of hydrogen-bond donors (Lipinski definition) is 3. The van der Waals surface area contributed by atoms with Gasteiger partial charge in [-0.1, -0.05) is 12.1 Å². The fourth-order valence-electron chi connectivity index (χ4n) is 2.44. The second kappa shape index (κ2) is 6.46. The monoisotopic (exact) mass is 351 g/mol. The molecule has 0 aliphatic heterocycles. The third kappa shape index (κ3) is 3.73. The molecule has 0 atom stereocenters. The van der Waals surface area contributed by atoms with Crippen LogP contribution in [0.25, 0.3) is 10.9 Å². The number of aromatic amines is 1. The molecule has 0 radical (unpaired) electrons. The first-order valence-corrected chi connectivity index (χ1v) is 7.31. The minimum Gasteiger partial charge on any atom is -0.361 e. The molecule has 2 amide bonds. The van der Waals surface area contributed by atoms with Crippen molar-refractivity contribution in [2.24, 2.45) is 0 Å². The smallest absolute Gasteiger partial charge is 0.361 e. The van der Waals surface area contributed by atoms with E-state index < -0.39 is 23.6 Å². The Bertz CT molecular complexity index is 918. The van der Waals surface area contributed by atoms with Crippen molar-refractivity contribution in [2.75, 3.05) is 5.32 Å². The molecule has 3 rings (SSSR count). The molecular weight excluding hydrogens is 338 g/mol. The summed E-state index contributed by atoms with van der Waals surface area (Å²) in [4.78, 5) is 15.0. The van der Waals surface area contributed by atoms with E-state index in [1.54, 1.807) is 24.4 Å². The fraction of sp³-hybridized carbons (Fsp3) is 0.118. The second-order valence-corrected chi connectivity index (χ2v) is 5.36. The highest BCUT2D eigenvalue weighted by atomic mass is 19.4. The van der Waals surface area contributed by atoms with Crippen LogP contribution in [0.1, 0.15) is 11.1 Å². The fourth-order valence-corrected chi connectivity index (χ4v) is 2.44. The molecule has 3 N–H and O–H groups in total. The number of alkyl halides is 3. The van der Waals surface area contributed by atoms with Crippen molar-refractivity contribution in [3.63, 3.8) is 0 Å². The number of amides is 2. The van der Waals surface area contributed by atoms with Crippen LogP contribution in [0, 0.1) is 5.82 Å². The highest BCUT2D eigenvalue weighted by molar-refractivity contribution is 6.00. The van der Waals surface area contributed by atoms with E-state index in [4.69, 9.17) is 0 Å². The van der Waals surface area contributed by atoms with Gasteiger partial charge in [0.05, 0.1) is 11.3 Å². The van der Waals surface area contributed by atoms with Crippen molar-refractivity contribution >= 4 is 22.6 Å². The molecule has 0 saturated carbocycles. The number of fused-ring (bicyclic) bond motifs is 1. The molecule has 2 aromatic carbocycles. The predicted molar refractivity (Wildman–Crippen MR) is 85.6 cm³/mol. The average molecular weight is 351 g/mol. The number of anilines is 1. The second-order valence-electron chi connectivity index (χ2n) is 5.36. The molecule has 1 aromatic heterocycles. The molecule has 3 aromatic rings. The van der Waals surface area contributed by atoms with Gasteiger partial charge < -0.3 is 15.6 Å². The number of nitrogens with one attached hydrogen (secondary N) is 3. The topological polar surface area (TPSA) is 56.9 Å². The normalized spacial score (nSPS) is 11.5. The number of carbonyl (C=O) groups excluding carboxylic acids is 1. The van der Waals surface area contributed by atoms with Gasteiger partial charge in [-0.05, 0) is 35.9 Å². The Morgan fingerprint density at radius 1 is 1.12 bits per heavy atom. The minimum absolute atomic E-state index is 0.107. The van der Waals surface area contributed by atoms with Crippen LogP contribution in [0.2, 0.25) is 0 Å². The van der Waals surface area contributed by atoms with E-state index in [2.05, 4.69) is 15.6 Å².